The monoisotopic (exact) mass is 329 g/mol. The van der Waals surface area contributed by atoms with Crippen LogP contribution in [0.3, 0.4) is 0 Å². The number of rotatable bonds is 1. The molecule has 1 aromatic heterocycles. The number of aliphatic imine (C=N–C) groups is 1. The number of fused-ring (bicyclic) bond motifs is 1. The van der Waals surface area contributed by atoms with Crippen LogP contribution in [0.1, 0.15) is 18.4 Å². The summed E-state index contributed by atoms with van der Waals surface area (Å²) in [6.45, 7) is 1.37. The molecule has 5 nitrogen and oxygen atoms in total. The maximum atomic E-state index is 13.3. The lowest BCUT2D eigenvalue weighted by Gasteiger charge is -2.28. The van der Waals surface area contributed by atoms with Crippen molar-refractivity contribution >= 4 is 16.6 Å². The van der Waals surface area contributed by atoms with Crippen LogP contribution < -0.4 is 0 Å². The van der Waals surface area contributed by atoms with Gasteiger partial charge in [0.25, 0.3) is 0 Å². The van der Waals surface area contributed by atoms with Crippen molar-refractivity contribution in [3.8, 4) is 12.1 Å². The highest BCUT2D eigenvalue weighted by atomic mass is 19.4. The fourth-order valence-electron chi connectivity index (χ4n) is 2.88. The molecule has 1 N–H and O–H groups in total. The van der Waals surface area contributed by atoms with Gasteiger partial charge in [0.2, 0.25) is 0 Å². The van der Waals surface area contributed by atoms with Gasteiger partial charge in [-0.2, -0.15) is 28.8 Å². The van der Waals surface area contributed by atoms with E-state index < -0.39 is 29.3 Å². The number of aromatic amines is 1. The highest BCUT2D eigenvalue weighted by Crippen LogP contribution is 2.43. The fourth-order valence-corrected chi connectivity index (χ4v) is 2.88. The lowest BCUT2D eigenvalue weighted by Crippen LogP contribution is -2.29. The van der Waals surface area contributed by atoms with Crippen LogP contribution in [0.25, 0.3) is 10.9 Å². The molecule has 0 aliphatic carbocycles. The zero-order valence-corrected chi connectivity index (χ0v) is 12.4. The number of H-pyrrole nitrogens is 1. The Bertz CT molecular complexity index is 952. The Morgan fingerprint density at radius 3 is 2.62 bits per heavy atom. The minimum Gasteiger partial charge on any atom is -0.278 e. The van der Waals surface area contributed by atoms with Gasteiger partial charge in [-0.05, 0) is 24.6 Å². The second kappa shape index (κ2) is 5.50. The van der Waals surface area contributed by atoms with E-state index in [1.54, 1.807) is 24.3 Å². The molecule has 0 radical (unpaired) electrons. The van der Waals surface area contributed by atoms with E-state index in [2.05, 4.69) is 15.2 Å². The van der Waals surface area contributed by atoms with Gasteiger partial charge in [0.1, 0.15) is 0 Å². The summed E-state index contributed by atoms with van der Waals surface area (Å²) in [7, 11) is 0. The number of nitriles is 2. The lowest BCUT2D eigenvalue weighted by atomic mass is 9.76. The summed E-state index contributed by atoms with van der Waals surface area (Å²) in [5.41, 5.74) is -0.565. The topological polar surface area (TPSA) is 88.6 Å². The summed E-state index contributed by atoms with van der Waals surface area (Å²) in [5.74, 6) is -1.96. The van der Waals surface area contributed by atoms with Crippen LogP contribution in [0.2, 0.25) is 0 Å². The second-order valence-corrected chi connectivity index (χ2v) is 5.43. The number of aromatic nitrogens is 2. The molecule has 0 bridgehead atoms. The molecule has 3 rings (SSSR count). The van der Waals surface area contributed by atoms with E-state index in [1.807, 2.05) is 6.07 Å². The molecule has 1 aromatic carbocycles. The predicted molar refractivity (Wildman–Crippen MR) is 79.7 cm³/mol. The third-order valence-electron chi connectivity index (χ3n) is 3.99. The molecule has 0 saturated carbocycles. The molecule has 2 unspecified atom stereocenters. The maximum Gasteiger partial charge on any atom is 0.434 e. The quantitative estimate of drug-likeness (QED) is 0.867. The first-order valence-electron chi connectivity index (χ1n) is 6.96. The molecule has 1 aliphatic rings. The third-order valence-corrected chi connectivity index (χ3v) is 3.99. The number of hydrogen-bond donors (Lipinski definition) is 1. The molecule has 2 aromatic rings. The molecule has 0 saturated heterocycles. The van der Waals surface area contributed by atoms with Crippen molar-refractivity contribution in [3.63, 3.8) is 0 Å². The van der Waals surface area contributed by atoms with Gasteiger partial charge in [-0.15, -0.1) is 0 Å². The van der Waals surface area contributed by atoms with Crippen LogP contribution in [-0.4, -0.2) is 22.1 Å². The van der Waals surface area contributed by atoms with E-state index in [-0.39, 0.29) is 5.71 Å². The summed E-state index contributed by atoms with van der Waals surface area (Å²) in [4.78, 5) is 3.49. The maximum absolute atomic E-state index is 13.3. The van der Waals surface area contributed by atoms with Gasteiger partial charge in [-0.1, -0.05) is 6.07 Å². The van der Waals surface area contributed by atoms with E-state index in [9.17, 15) is 23.7 Å². The van der Waals surface area contributed by atoms with Crippen molar-refractivity contribution in [2.24, 2.45) is 10.9 Å². The Morgan fingerprint density at radius 2 is 2.00 bits per heavy atom. The van der Waals surface area contributed by atoms with Crippen LogP contribution >= 0.6 is 0 Å². The van der Waals surface area contributed by atoms with Crippen molar-refractivity contribution in [1.82, 2.24) is 10.2 Å². The molecule has 24 heavy (non-hydrogen) atoms. The number of allylic oxidation sites excluding steroid dienone is 2. The van der Waals surface area contributed by atoms with E-state index in [0.29, 0.717) is 16.5 Å². The number of nitrogens with one attached hydrogen (secondary N) is 1. The Labute approximate surface area is 134 Å². The Balaban J connectivity index is 2.25. The smallest absolute Gasteiger partial charge is 0.278 e. The second-order valence-electron chi connectivity index (χ2n) is 5.43. The standard InChI is InChI=1S/C16H10F3N5/c1-8-11(5-20)14(12(6-21)15(23-8)16(17,18)19)9-2-3-13-10(4-9)7-22-24-13/h2-4,7,11,14H,1H3,(H,22,24). The summed E-state index contributed by atoms with van der Waals surface area (Å²) in [6.07, 6.45) is -3.23. The highest BCUT2D eigenvalue weighted by molar-refractivity contribution is 5.91. The van der Waals surface area contributed by atoms with Crippen molar-refractivity contribution in [2.45, 2.75) is 19.0 Å². The van der Waals surface area contributed by atoms with Gasteiger partial charge >= 0.3 is 6.18 Å². The van der Waals surface area contributed by atoms with Crippen molar-refractivity contribution in [3.05, 3.63) is 41.2 Å². The number of alkyl halides is 3. The molecule has 0 spiro atoms. The minimum atomic E-state index is -4.76. The summed E-state index contributed by atoms with van der Waals surface area (Å²) < 4.78 is 39.8. The van der Waals surface area contributed by atoms with E-state index in [1.165, 1.54) is 13.1 Å². The number of hydrogen-bond acceptors (Lipinski definition) is 4. The van der Waals surface area contributed by atoms with Crippen LogP contribution in [0.15, 0.2) is 40.7 Å². The Kier molecular flexibility index (Phi) is 3.61. The SMILES string of the molecule is CC1=NC(C(F)(F)F)=C(C#N)C(c2ccc3[nH]ncc3c2)C1C#N. The predicted octanol–water partition coefficient (Wildman–Crippen LogP) is 3.60. The number of benzene rings is 1. The average molecular weight is 329 g/mol. The van der Waals surface area contributed by atoms with Gasteiger partial charge in [0, 0.05) is 17.0 Å². The molecule has 1 aliphatic heterocycles. The van der Waals surface area contributed by atoms with Gasteiger partial charge in [-0.3, -0.25) is 10.1 Å². The molecule has 120 valence electrons. The van der Waals surface area contributed by atoms with E-state index >= 15 is 0 Å². The average Bonchev–Trinajstić information content (AvgIpc) is 3.00. The Hall–Kier alpha value is -3.13. The van der Waals surface area contributed by atoms with Gasteiger partial charge in [0.15, 0.2) is 5.70 Å². The summed E-state index contributed by atoms with van der Waals surface area (Å²) >= 11 is 0. The number of nitrogens with zero attached hydrogens (tertiary/aromatic N) is 4. The molecular formula is C16H10F3N5. The molecule has 0 fully saturated rings. The zero-order valence-electron chi connectivity index (χ0n) is 12.4. The first kappa shape index (κ1) is 15.8. The first-order chi connectivity index (χ1) is 11.4. The number of halogens is 3. The van der Waals surface area contributed by atoms with Crippen molar-refractivity contribution < 1.29 is 13.2 Å². The van der Waals surface area contributed by atoms with E-state index in [0.717, 1.165) is 0 Å². The summed E-state index contributed by atoms with van der Waals surface area (Å²) in [5, 5.41) is 26.0. The zero-order chi connectivity index (χ0) is 17.5. The van der Waals surface area contributed by atoms with Crippen molar-refractivity contribution in [1.29, 1.82) is 10.5 Å². The van der Waals surface area contributed by atoms with Crippen molar-refractivity contribution in [2.75, 3.05) is 0 Å². The third kappa shape index (κ3) is 2.42. The molecule has 2 atom stereocenters. The minimum absolute atomic E-state index is 0.0427. The normalized spacial score (nSPS) is 21.3. The van der Waals surface area contributed by atoms with E-state index in [4.69, 9.17) is 0 Å². The van der Waals surface area contributed by atoms with Crippen LogP contribution in [0.5, 0.6) is 0 Å². The summed E-state index contributed by atoms with van der Waals surface area (Å²) in [6, 6.07) is 8.48. The lowest BCUT2D eigenvalue weighted by molar-refractivity contribution is -0.0935. The molecule has 2 heterocycles. The molecular weight excluding hydrogens is 319 g/mol. The fraction of sp³-hybridized carbons (Fsp3) is 0.250. The Morgan fingerprint density at radius 1 is 1.25 bits per heavy atom. The van der Waals surface area contributed by atoms with Crippen LogP contribution in [0, 0.1) is 28.6 Å². The molecule has 0 amide bonds. The largest absolute Gasteiger partial charge is 0.434 e. The van der Waals surface area contributed by atoms with Gasteiger partial charge in [0.05, 0.1) is 35.3 Å². The highest BCUT2D eigenvalue weighted by Gasteiger charge is 2.44. The molecule has 8 heteroatoms. The van der Waals surface area contributed by atoms with Gasteiger partial charge < -0.3 is 0 Å². The van der Waals surface area contributed by atoms with Gasteiger partial charge in [-0.25, -0.2) is 0 Å². The van der Waals surface area contributed by atoms with Crippen LogP contribution in [-0.2, 0) is 0 Å². The first-order valence-corrected chi connectivity index (χ1v) is 6.96. The van der Waals surface area contributed by atoms with Crippen LogP contribution in [0.4, 0.5) is 13.2 Å².